The average molecular weight is 295 g/mol. The van der Waals surface area contributed by atoms with Crippen LogP contribution in [0.15, 0.2) is 18.3 Å². The predicted molar refractivity (Wildman–Crippen MR) is 80.1 cm³/mol. The molecule has 0 fully saturated rings. The monoisotopic (exact) mass is 294 g/mol. The zero-order valence-electron chi connectivity index (χ0n) is 11.1. The third-order valence-electron chi connectivity index (χ3n) is 2.77. The summed E-state index contributed by atoms with van der Waals surface area (Å²) in [6.45, 7) is 6.69. The maximum atomic E-state index is 12.1. The maximum Gasteiger partial charge on any atom is 0.187 e. The number of halogens is 1. The molecule has 2 aromatic heterocycles. The fourth-order valence-electron chi connectivity index (χ4n) is 1.81. The van der Waals surface area contributed by atoms with Gasteiger partial charge in [-0.3, -0.25) is 9.48 Å². The molecule has 0 aliphatic rings. The van der Waals surface area contributed by atoms with Crippen LogP contribution in [0.2, 0.25) is 5.02 Å². The Morgan fingerprint density at radius 2 is 2.26 bits per heavy atom. The van der Waals surface area contributed by atoms with E-state index in [2.05, 4.69) is 5.10 Å². The molecule has 0 aliphatic carbocycles. The third kappa shape index (κ3) is 3.14. The predicted octanol–water partition coefficient (Wildman–Crippen LogP) is 4.13. The zero-order chi connectivity index (χ0) is 14.0. The number of hydrogen-bond acceptors (Lipinski definition) is 3. The molecule has 0 aliphatic heterocycles. The van der Waals surface area contributed by atoms with Crippen LogP contribution < -0.4 is 0 Å². The first-order valence-electron chi connectivity index (χ1n) is 6.03. The van der Waals surface area contributed by atoms with Gasteiger partial charge in [-0.1, -0.05) is 11.6 Å². The molecule has 2 rings (SSSR count). The van der Waals surface area contributed by atoms with Crippen LogP contribution in [0.25, 0.3) is 6.08 Å². The molecule has 2 aromatic rings. The molecular formula is C14H15ClN2OS. The van der Waals surface area contributed by atoms with E-state index in [4.69, 9.17) is 11.6 Å². The lowest BCUT2D eigenvalue weighted by Crippen LogP contribution is -1.95. The van der Waals surface area contributed by atoms with Crippen molar-refractivity contribution in [1.29, 1.82) is 0 Å². The number of ketones is 1. The van der Waals surface area contributed by atoms with E-state index in [0.29, 0.717) is 10.7 Å². The van der Waals surface area contributed by atoms with Crippen LogP contribution in [0.5, 0.6) is 0 Å². The summed E-state index contributed by atoms with van der Waals surface area (Å²) in [6, 6.07) is 1.92. The Balaban J connectivity index is 2.20. The molecule has 3 nitrogen and oxygen atoms in total. The van der Waals surface area contributed by atoms with Gasteiger partial charge in [0.1, 0.15) is 5.69 Å². The van der Waals surface area contributed by atoms with E-state index in [1.807, 2.05) is 26.8 Å². The van der Waals surface area contributed by atoms with E-state index in [9.17, 15) is 4.79 Å². The van der Waals surface area contributed by atoms with Crippen molar-refractivity contribution in [2.24, 2.45) is 0 Å². The molecule has 5 heteroatoms. The van der Waals surface area contributed by atoms with Gasteiger partial charge in [-0.05, 0) is 39.0 Å². The number of nitrogens with zero attached hydrogens (tertiary/aromatic N) is 2. The van der Waals surface area contributed by atoms with Gasteiger partial charge in [-0.2, -0.15) is 5.10 Å². The zero-order valence-corrected chi connectivity index (χ0v) is 12.7. The fourth-order valence-corrected chi connectivity index (χ4v) is 2.95. The van der Waals surface area contributed by atoms with Crippen LogP contribution in [0.4, 0.5) is 0 Å². The second kappa shape index (κ2) is 5.72. The van der Waals surface area contributed by atoms with Crippen LogP contribution in [0.3, 0.4) is 0 Å². The van der Waals surface area contributed by atoms with E-state index < -0.39 is 0 Å². The quantitative estimate of drug-likeness (QED) is 0.628. The summed E-state index contributed by atoms with van der Waals surface area (Å²) >= 11 is 7.67. The Bertz CT molecular complexity index is 640. The van der Waals surface area contributed by atoms with Crippen molar-refractivity contribution >= 4 is 34.8 Å². The van der Waals surface area contributed by atoms with Crippen molar-refractivity contribution in [3.05, 3.63) is 44.4 Å². The second-order valence-electron chi connectivity index (χ2n) is 4.24. The summed E-state index contributed by atoms with van der Waals surface area (Å²) < 4.78 is 1.74. The highest BCUT2D eigenvalue weighted by atomic mass is 35.5. The van der Waals surface area contributed by atoms with Crippen molar-refractivity contribution in [2.75, 3.05) is 0 Å². The van der Waals surface area contributed by atoms with E-state index in [0.717, 1.165) is 21.9 Å². The first-order valence-corrected chi connectivity index (χ1v) is 7.23. The van der Waals surface area contributed by atoms with E-state index >= 15 is 0 Å². The van der Waals surface area contributed by atoms with Gasteiger partial charge in [0.25, 0.3) is 0 Å². The molecule has 0 amide bonds. The number of allylic oxidation sites excluding steroid dienone is 1. The summed E-state index contributed by atoms with van der Waals surface area (Å²) in [5.74, 6) is -0.0102. The van der Waals surface area contributed by atoms with Crippen LogP contribution >= 0.6 is 22.9 Å². The molecule has 0 spiro atoms. The first-order chi connectivity index (χ1) is 9.01. The molecule has 0 N–H and O–H groups in total. The van der Waals surface area contributed by atoms with Gasteiger partial charge in [0.05, 0.1) is 5.02 Å². The normalized spacial score (nSPS) is 11.4. The largest absolute Gasteiger partial charge is 0.289 e. The number of aryl methyl sites for hydroxylation is 3. The minimum absolute atomic E-state index is 0.0102. The molecule has 0 radical (unpaired) electrons. The molecule has 0 saturated heterocycles. The summed E-state index contributed by atoms with van der Waals surface area (Å²) in [6.07, 6.45) is 4.96. The molecule has 0 bridgehead atoms. The van der Waals surface area contributed by atoms with Gasteiger partial charge >= 0.3 is 0 Å². The van der Waals surface area contributed by atoms with Gasteiger partial charge in [0.2, 0.25) is 0 Å². The van der Waals surface area contributed by atoms with Crippen molar-refractivity contribution in [3.63, 3.8) is 0 Å². The number of rotatable bonds is 4. The minimum Gasteiger partial charge on any atom is -0.289 e. The Hall–Kier alpha value is -1.39. The maximum absolute atomic E-state index is 12.1. The third-order valence-corrected chi connectivity index (χ3v) is 4.02. The lowest BCUT2D eigenvalue weighted by atomic mass is 10.1. The fraction of sp³-hybridized carbons (Fsp3) is 0.286. The van der Waals surface area contributed by atoms with Gasteiger partial charge in [0.15, 0.2) is 5.78 Å². The Labute approximate surface area is 121 Å². The van der Waals surface area contributed by atoms with Gasteiger partial charge in [-0.25, -0.2) is 0 Å². The minimum atomic E-state index is -0.0102. The van der Waals surface area contributed by atoms with Crippen LogP contribution in [-0.4, -0.2) is 15.6 Å². The SMILES string of the molecule is CCn1cc(Cl)c(/C=C/C(=O)c2cc(C)sc2C)n1. The Morgan fingerprint density at radius 3 is 2.79 bits per heavy atom. The van der Waals surface area contributed by atoms with Crippen LogP contribution in [0.1, 0.15) is 32.7 Å². The van der Waals surface area contributed by atoms with Crippen molar-refractivity contribution in [1.82, 2.24) is 9.78 Å². The smallest absolute Gasteiger partial charge is 0.187 e. The number of thiophene rings is 1. The standard InChI is InChI=1S/C14H15ClN2OS/c1-4-17-8-12(15)13(16-17)5-6-14(18)11-7-9(2)19-10(11)3/h5-8H,4H2,1-3H3/b6-5+. The van der Waals surface area contributed by atoms with E-state index in [-0.39, 0.29) is 5.78 Å². The number of carbonyl (C=O) groups excluding carboxylic acids is 1. The number of aromatic nitrogens is 2. The molecule has 0 unspecified atom stereocenters. The molecule has 0 atom stereocenters. The Kier molecular flexibility index (Phi) is 4.22. The van der Waals surface area contributed by atoms with E-state index in [1.54, 1.807) is 28.3 Å². The molecule has 100 valence electrons. The molecule has 2 heterocycles. The summed E-state index contributed by atoms with van der Waals surface area (Å²) in [5, 5.41) is 4.83. The highest BCUT2D eigenvalue weighted by Gasteiger charge is 2.10. The van der Waals surface area contributed by atoms with Crippen molar-refractivity contribution in [2.45, 2.75) is 27.3 Å². The average Bonchev–Trinajstić information content (AvgIpc) is 2.89. The topological polar surface area (TPSA) is 34.9 Å². The van der Waals surface area contributed by atoms with Gasteiger partial charge in [-0.15, -0.1) is 11.3 Å². The second-order valence-corrected chi connectivity index (χ2v) is 6.11. The lowest BCUT2D eigenvalue weighted by Gasteiger charge is -1.93. The van der Waals surface area contributed by atoms with Crippen LogP contribution in [-0.2, 0) is 6.54 Å². The first kappa shape index (κ1) is 14.0. The summed E-state index contributed by atoms with van der Waals surface area (Å²) in [5.41, 5.74) is 1.38. The highest BCUT2D eigenvalue weighted by Crippen LogP contribution is 2.22. The Morgan fingerprint density at radius 1 is 1.53 bits per heavy atom. The number of hydrogen-bond donors (Lipinski definition) is 0. The summed E-state index contributed by atoms with van der Waals surface area (Å²) in [4.78, 5) is 14.3. The molecular weight excluding hydrogens is 280 g/mol. The molecule has 0 saturated carbocycles. The van der Waals surface area contributed by atoms with E-state index in [1.165, 1.54) is 6.08 Å². The highest BCUT2D eigenvalue weighted by molar-refractivity contribution is 7.12. The number of carbonyl (C=O) groups is 1. The lowest BCUT2D eigenvalue weighted by molar-refractivity contribution is 0.104. The van der Waals surface area contributed by atoms with Gasteiger partial charge < -0.3 is 0 Å². The van der Waals surface area contributed by atoms with Crippen molar-refractivity contribution in [3.8, 4) is 0 Å². The van der Waals surface area contributed by atoms with Crippen molar-refractivity contribution < 1.29 is 4.79 Å². The molecule has 0 aromatic carbocycles. The van der Waals surface area contributed by atoms with Crippen LogP contribution in [0, 0.1) is 13.8 Å². The molecule has 19 heavy (non-hydrogen) atoms. The van der Waals surface area contributed by atoms with Gasteiger partial charge in [0, 0.05) is 28.1 Å². The summed E-state index contributed by atoms with van der Waals surface area (Å²) in [7, 11) is 0.